The lowest BCUT2D eigenvalue weighted by Gasteiger charge is -2.29. The molecule has 0 aliphatic carbocycles. The minimum absolute atomic E-state index is 0.0146. The summed E-state index contributed by atoms with van der Waals surface area (Å²) in [7, 11) is 0. The number of amides is 4. The van der Waals surface area contributed by atoms with Gasteiger partial charge in [0.1, 0.15) is 18.1 Å². The average Bonchev–Trinajstić information content (AvgIpc) is 3.07. The van der Waals surface area contributed by atoms with Gasteiger partial charge in [0.25, 0.3) is 0 Å². The molecule has 0 spiro atoms. The van der Waals surface area contributed by atoms with Crippen LogP contribution in [0.25, 0.3) is 0 Å². The van der Waals surface area contributed by atoms with Gasteiger partial charge < -0.3 is 37.0 Å². The third-order valence-electron chi connectivity index (χ3n) is 8.90. The summed E-state index contributed by atoms with van der Waals surface area (Å²) < 4.78 is 0. The van der Waals surface area contributed by atoms with Crippen LogP contribution in [-0.2, 0) is 30.4 Å². The van der Waals surface area contributed by atoms with E-state index in [1.165, 1.54) is 0 Å². The molecule has 12 heteroatoms. The van der Waals surface area contributed by atoms with E-state index in [1.807, 2.05) is 65.0 Å². The molecule has 1 aromatic carbocycles. The third kappa shape index (κ3) is 18.2. The first-order chi connectivity index (χ1) is 24.1. The molecule has 0 heterocycles. The highest BCUT2D eigenvalue weighted by Gasteiger charge is 2.30. The van der Waals surface area contributed by atoms with E-state index in [-0.39, 0.29) is 53.8 Å². The Kier molecular flexibility index (Phi) is 21.5. The monoisotopic (exact) mass is 715 g/mol. The minimum Gasteiger partial charge on any atom is -0.481 e. The second kappa shape index (κ2) is 24.3. The van der Waals surface area contributed by atoms with Crippen LogP contribution < -0.4 is 31.9 Å². The highest BCUT2D eigenvalue weighted by molar-refractivity contribution is 5.91. The van der Waals surface area contributed by atoms with Crippen molar-refractivity contribution in [3.63, 3.8) is 0 Å². The molecule has 0 fully saturated rings. The Morgan fingerprint density at radius 1 is 0.784 bits per heavy atom. The standard InChI is InChI=1S/C39H66N6O6/c1-10-16-32(44-39(51)35(27(7)11-2)42-28(8)17-15-20-33(46)47)37(49)43-31(23-25(3)4)24-41-29(9)36(48)45-34(26(5)6)38(50)40-22-21-30-18-13-12-14-19-30/h12-14,18-19,25-27,29,31-32,34-35,41-42H,8,10-11,15-17,20-24H2,1-7,9H3,(H,40,50)(H,43,49)(H,44,51)(H,45,48)(H,46,47)/t27-,29-,31?,32-,34-,35-/m0/s1. The van der Waals surface area contributed by atoms with Crippen LogP contribution in [0.2, 0.25) is 0 Å². The highest BCUT2D eigenvalue weighted by Crippen LogP contribution is 2.14. The van der Waals surface area contributed by atoms with Crippen molar-refractivity contribution < 1.29 is 29.1 Å². The quantitative estimate of drug-likeness (QED) is 0.0752. The van der Waals surface area contributed by atoms with Crippen molar-refractivity contribution in [2.75, 3.05) is 13.1 Å². The van der Waals surface area contributed by atoms with Crippen LogP contribution in [0.5, 0.6) is 0 Å². The number of allylic oxidation sites excluding steroid dienone is 1. The summed E-state index contributed by atoms with van der Waals surface area (Å²) >= 11 is 0. The number of hydrogen-bond donors (Lipinski definition) is 7. The Morgan fingerprint density at radius 2 is 1.45 bits per heavy atom. The van der Waals surface area contributed by atoms with Crippen molar-refractivity contribution in [2.24, 2.45) is 17.8 Å². The number of carboxylic acids is 1. The molecule has 1 aromatic rings. The largest absolute Gasteiger partial charge is 0.481 e. The van der Waals surface area contributed by atoms with Gasteiger partial charge in [0.05, 0.1) is 6.04 Å². The maximum Gasteiger partial charge on any atom is 0.303 e. The van der Waals surface area contributed by atoms with Crippen molar-refractivity contribution in [2.45, 2.75) is 137 Å². The smallest absolute Gasteiger partial charge is 0.303 e. The van der Waals surface area contributed by atoms with E-state index in [4.69, 9.17) is 5.11 Å². The lowest BCUT2D eigenvalue weighted by atomic mass is 9.96. The normalized spacial score (nSPS) is 14.8. The van der Waals surface area contributed by atoms with Gasteiger partial charge in [0.15, 0.2) is 0 Å². The van der Waals surface area contributed by atoms with Gasteiger partial charge in [-0.15, -0.1) is 0 Å². The second-order valence-electron chi connectivity index (χ2n) is 14.4. The zero-order valence-corrected chi connectivity index (χ0v) is 32.3. The van der Waals surface area contributed by atoms with Gasteiger partial charge in [-0.3, -0.25) is 24.0 Å². The zero-order valence-electron chi connectivity index (χ0n) is 32.3. The van der Waals surface area contributed by atoms with Gasteiger partial charge in [0, 0.05) is 31.2 Å². The van der Waals surface area contributed by atoms with E-state index >= 15 is 0 Å². The van der Waals surface area contributed by atoms with Crippen LogP contribution in [-0.4, -0.2) is 78.0 Å². The van der Waals surface area contributed by atoms with E-state index in [0.717, 1.165) is 5.56 Å². The zero-order chi connectivity index (χ0) is 38.5. The Hall–Kier alpha value is -3.93. The molecule has 4 amide bonds. The van der Waals surface area contributed by atoms with E-state index in [0.29, 0.717) is 63.7 Å². The number of carbonyl (C=O) groups is 5. The predicted molar refractivity (Wildman–Crippen MR) is 203 cm³/mol. The van der Waals surface area contributed by atoms with Crippen molar-refractivity contribution in [3.8, 4) is 0 Å². The summed E-state index contributed by atoms with van der Waals surface area (Å²) in [6.07, 6.45) is 4.00. The molecule has 1 rings (SSSR count). The number of benzene rings is 1. The number of nitrogens with one attached hydrogen (secondary N) is 6. The Labute approximate surface area is 306 Å². The molecule has 0 bridgehead atoms. The Balaban J connectivity index is 2.86. The van der Waals surface area contributed by atoms with Crippen LogP contribution in [0.3, 0.4) is 0 Å². The van der Waals surface area contributed by atoms with Gasteiger partial charge in [0.2, 0.25) is 23.6 Å². The maximum atomic E-state index is 13.6. The van der Waals surface area contributed by atoms with Crippen LogP contribution in [0.4, 0.5) is 0 Å². The van der Waals surface area contributed by atoms with Crippen molar-refractivity contribution in [1.82, 2.24) is 31.9 Å². The molecular formula is C39H66N6O6. The summed E-state index contributed by atoms with van der Waals surface area (Å²) in [6, 6.07) is 6.83. The molecule has 0 saturated carbocycles. The molecule has 0 aliphatic heterocycles. The first-order valence-electron chi connectivity index (χ1n) is 18.7. The van der Waals surface area contributed by atoms with Gasteiger partial charge in [-0.2, -0.15) is 0 Å². The topological polar surface area (TPSA) is 178 Å². The number of carbonyl (C=O) groups excluding carboxylic acids is 4. The number of carboxylic acid groups (broad SMARTS) is 1. The van der Waals surface area contributed by atoms with Crippen LogP contribution in [0, 0.1) is 17.8 Å². The van der Waals surface area contributed by atoms with Crippen molar-refractivity contribution in [1.29, 1.82) is 0 Å². The van der Waals surface area contributed by atoms with E-state index in [2.05, 4.69) is 52.3 Å². The first-order valence-corrected chi connectivity index (χ1v) is 18.7. The molecule has 7 N–H and O–H groups in total. The van der Waals surface area contributed by atoms with E-state index < -0.39 is 30.1 Å². The summed E-state index contributed by atoms with van der Waals surface area (Å²) in [5.41, 5.74) is 1.70. The molecular weight excluding hydrogens is 648 g/mol. The molecule has 288 valence electrons. The van der Waals surface area contributed by atoms with Crippen molar-refractivity contribution >= 4 is 29.6 Å². The number of hydrogen-bond acceptors (Lipinski definition) is 7. The molecule has 0 aromatic heterocycles. The van der Waals surface area contributed by atoms with Gasteiger partial charge in [-0.25, -0.2) is 0 Å². The fourth-order valence-corrected chi connectivity index (χ4v) is 5.64. The summed E-state index contributed by atoms with van der Waals surface area (Å²) in [5, 5.41) is 27.3. The Bertz CT molecular complexity index is 1240. The fourth-order valence-electron chi connectivity index (χ4n) is 5.64. The maximum absolute atomic E-state index is 13.6. The van der Waals surface area contributed by atoms with Crippen LogP contribution in [0.1, 0.15) is 106 Å². The van der Waals surface area contributed by atoms with Gasteiger partial charge >= 0.3 is 5.97 Å². The summed E-state index contributed by atoms with van der Waals surface area (Å²) in [6.45, 7) is 20.2. The molecule has 51 heavy (non-hydrogen) atoms. The second-order valence-corrected chi connectivity index (χ2v) is 14.4. The highest BCUT2D eigenvalue weighted by atomic mass is 16.4. The van der Waals surface area contributed by atoms with E-state index in [1.54, 1.807) is 6.92 Å². The van der Waals surface area contributed by atoms with Crippen molar-refractivity contribution in [3.05, 3.63) is 48.2 Å². The fraction of sp³-hybridized carbons (Fsp3) is 0.667. The summed E-state index contributed by atoms with van der Waals surface area (Å²) in [5.74, 6) is -1.99. The van der Waals surface area contributed by atoms with Gasteiger partial charge in [-0.1, -0.05) is 98.2 Å². The SMILES string of the molecule is C=C(CCCC(=O)O)N[C@H](C(=O)N[C@@H](CCC)C(=O)NC(CN[C@@H](C)C(=O)N[C@H](C(=O)NCCc1ccccc1)C(C)C)CC(C)C)[C@@H](C)CC. The van der Waals surface area contributed by atoms with Crippen LogP contribution >= 0.6 is 0 Å². The average molecular weight is 715 g/mol. The number of rotatable bonds is 26. The first kappa shape index (κ1) is 45.1. The van der Waals surface area contributed by atoms with E-state index in [9.17, 15) is 24.0 Å². The van der Waals surface area contributed by atoms with Crippen LogP contribution in [0.15, 0.2) is 42.6 Å². The lowest BCUT2D eigenvalue weighted by Crippen LogP contribution is -2.57. The molecule has 1 unspecified atom stereocenters. The molecule has 12 nitrogen and oxygen atoms in total. The molecule has 6 atom stereocenters. The van der Waals surface area contributed by atoms with Gasteiger partial charge in [-0.05, 0) is 62.3 Å². The third-order valence-corrected chi connectivity index (χ3v) is 8.90. The minimum atomic E-state index is -0.884. The molecule has 0 saturated heterocycles. The summed E-state index contributed by atoms with van der Waals surface area (Å²) in [4.78, 5) is 64.3. The Morgan fingerprint density at radius 3 is 2.02 bits per heavy atom. The molecule has 0 radical (unpaired) electrons. The predicted octanol–water partition coefficient (Wildman–Crippen LogP) is 4.05. The lowest BCUT2D eigenvalue weighted by molar-refractivity contribution is -0.137. The number of aliphatic carboxylic acids is 1. The molecule has 0 aliphatic rings.